The molecule has 6 heteroatoms. The fourth-order valence-electron chi connectivity index (χ4n) is 10.9. The van der Waals surface area contributed by atoms with E-state index in [1.807, 2.05) is 12.3 Å². The molecule has 0 amide bonds. The first kappa shape index (κ1) is 25.8. The van der Waals surface area contributed by atoms with E-state index in [0.717, 1.165) is 38.5 Å². The Kier molecular flexibility index (Phi) is 5.32. The Morgan fingerprint density at radius 1 is 1.08 bits per heavy atom. The average Bonchev–Trinajstić information content (AvgIpc) is 3.41. The van der Waals surface area contributed by atoms with Crippen LogP contribution in [-0.4, -0.2) is 25.9 Å². The minimum absolute atomic E-state index is 0.0666. The van der Waals surface area contributed by atoms with Crippen LogP contribution >= 0.6 is 0 Å². The smallest absolute Gasteiger partial charge is 0.159 e. The second-order valence-electron chi connectivity index (χ2n) is 14.9. The van der Waals surface area contributed by atoms with Crippen molar-refractivity contribution in [3.05, 3.63) is 35.4 Å². The summed E-state index contributed by atoms with van der Waals surface area (Å²) in [6.45, 7) is 16.0. The molecule has 6 nitrogen and oxygen atoms in total. The van der Waals surface area contributed by atoms with E-state index in [4.69, 9.17) is 0 Å². The van der Waals surface area contributed by atoms with Gasteiger partial charge in [-0.05, 0) is 90.9 Å². The van der Waals surface area contributed by atoms with Crippen molar-refractivity contribution in [2.45, 2.75) is 99.0 Å². The van der Waals surface area contributed by atoms with Crippen LogP contribution in [0.25, 0.3) is 0 Å². The van der Waals surface area contributed by atoms with Crippen molar-refractivity contribution in [1.29, 1.82) is 5.26 Å². The lowest BCUT2D eigenvalue weighted by atomic mass is 9.34. The largest absolute Gasteiger partial charge is 0.511 e. The summed E-state index contributed by atoms with van der Waals surface area (Å²) in [5, 5.41) is 29.8. The molecule has 0 radical (unpaired) electrons. The van der Waals surface area contributed by atoms with E-state index >= 15 is 0 Å². The number of rotatable bonds is 1. The number of nitriles is 1. The molecule has 0 bridgehead atoms. The van der Waals surface area contributed by atoms with E-state index in [2.05, 4.69) is 69.5 Å². The maximum Gasteiger partial charge on any atom is 0.159 e. The van der Waals surface area contributed by atoms with Crippen LogP contribution in [0, 0.1) is 62.6 Å². The normalized spacial score (nSPS) is 47.7. The molecule has 1 heterocycles. The summed E-state index contributed by atoms with van der Waals surface area (Å²) < 4.78 is 2.11. The van der Waals surface area contributed by atoms with Gasteiger partial charge in [-0.3, -0.25) is 4.79 Å². The van der Waals surface area contributed by atoms with Gasteiger partial charge in [0.1, 0.15) is 5.76 Å². The number of carbonyl (C=O) groups excluding carboxylic acids is 1. The Labute approximate surface area is 227 Å². The van der Waals surface area contributed by atoms with E-state index < -0.39 is 5.41 Å². The summed E-state index contributed by atoms with van der Waals surface area (Å²) in [5.41, 5.74) is 0.412. The highest BCUT2D eigenvalue weighted by Crippen LogP contribution is 2.75. The Bertz CT molecular complexity index is 1290. The van der Waals surface area contributed by atoms with Crippen molar-refractivity contribution in [3.63, 3.8) is 0 Å². The van der Waals surface area contributed by atoms with Crippen molar-refractivity contribution < 1.29 is 9.90 Å². The van der Waals surface area contributed by atoms with Gasteiger partial charge < -0.3 is 5.11 Å². The lowest BCUT2D eigenvalue weighted by molar-refractivity contribution is -0.176. The maximum atomic E-state index is 14.6. The minimum Gasteiger partial charge on any atom is -0.511 e. The van der Waals surface area contributed by atoms with Crippen LogP contribution in [-0.2, 0) is 10.3 Å². The van der Waals surface area contributed by atoms with Crippen molar-refractivity contribution >= 4 is 5.78 Å². The molecule has 6 rings (SSSR count). The van der Waals surface area contributed by atoms with E-state index in [9.17, 15) is 15.2 Å². The molecule has 38 heavy (non-hydrogen) atoms. The van der Waals surface area contributed by atoms with Gasteiger partial charge in [-0.2, -0.15) is 5.26 Å². The first-order chi connectivity index (χ1) is 17.8. The Morgan fingerprint density at radius 2 is 1.82 bits per heavy atom. The molecule has 9 atom stereocenters. The van der Waals surface area contributed by atoms with E-state index in [1.54, 1.807) is 6.20 Å². The van der Waals surface area contributed by atoms with Crippen molar-refractivity contribution in [3.8, 4) is 6.07 Å². The van der Waals surface area contributed by atoms with Gasteiger partial charge in [0.05, 0.1) is 23.4 Å². The molecule has 0 aromatic carbocycles. The number of carbonyl (C=O) groups is 1. The fourth-order valence-corrected chi connectivity index (χ4v) is 10.9. The van der Waals surface area contributed by atoms with Crippen LogP contribution in [0.15, 0.2) is 35.4 Å². The summed E-state index contributed by atoms with van der Waals surface area (Å²) in [5.74, 6) is 1.81. The van der Waals surface area contributed by atoms with Crippen LogP contribution in [0.5, 0.6) is 0 Å². The number of ketones is 1. The highest BCUT2D eigenvalue weighted by atomic mass is 16.3. The minimum atomic E-state index is -0.497. The van der Waals surface area contributed by atoms with Crippen LogP contribution in [0.3, 0.4) is 0 Å². The Hall–Kier alpha value is -2.42. The quantitative estimate of drug-likeness (QED) is 0.445. The Morgan fingerprint density at radius 3 is 2.47 bits per heavy atom. The van der Waals surface area contributed by atoms with Crippen molar-refractivity contribution in [2.24, 2.45) is 51.2 Å². The van der Waals surface area contributed by atoms with Gasteiger partial charge in [0.15, 0.2) is 5.78 Å². The predicted molar refractivity (Wildman–Crippen MR) is 146 cm³/mol. The zero-order valence-corrected chi connectivity index (χ0v) is 24.2. The zero-order chi connectivity index (χ0) is 27.5. The first-order valence-corrected chi connectivity index (χ1v) is 14.7. The van der Waals surface area contributed by atoms with Crippen LogP contribution in [0.2, 0.25) is 0 Å². The van der Waals surface area contributed by atoms with E-state index in [-0.39, 0.29) is 51.1 Å². The van der Waals surface area contributed by atoms with Gasteiger partial charge >= 0.3 is 0 Å². The SMILES string of the molecule is C[C@@H]1[C@H]2[C@H]3C(=O)C=C4[C@@]5(C)CC(C#N)=C(O)C(C)(C)[C@@H]5CC[C@@]4(C)[C@]3(C)CC[C@@]2(n2ccnn2)CC[C@H]1C. The highest BCUT2D eigenvalue weighted by Gasteiger charge is 2.70. The fraction of sp³-hybridized carbons (Fsp3) is 0.750. The second-order valence-corrected chi connectivity index (χ2v) is 14.9. The number of nitrogens with zero attached hydrogens (tertiary/aromatic N) is 4. The average molecular weight is 517 g/mol. The number of aromatic nitrogens is 3. The predicted octanol–water partition coefficient (Wildman–Crippen LogP) is 6.77. The number of allylic oxidation sites excluding steroid dienone is 4. The van der Waals surface area contributed by atoms with Crippen LogP contribution < -0.4 is 0 Å². The first-order valence-electron chi connectivity index (χ1n) is 14.7. The lowest BCUT2D eigenvalue weighted by Gasteiger charge is -2.70. The monoisotopic (exact) mass is 516 g/mol. The summed E-state index contributed by atoms with van der Waals surface area (Å²) in [7, 11) is 0. The third-order valence-electron chi connectivity index (χ3n) is 13.3. The molecule has 5 aliphatic rings. The molecule has 0 saturated heterocycles. The maximum absolute atomic E-state index is 14.6. The molecule has 0 unspecified atom stereocenters. The van der Waals surface area contributed by atoms with Gasteiger partial charge in [-0.25, -0.2) is 4.68 Å². The van der Waals surface area contributed by atoms with Gasteiger partial charge in [-0.15, -0.1) is 5.10 Å². The number of fused-ring (bicyclic) bond motifs is 7. The molecule has 1 N–H and O–H groups in total. The number of aliphatic hydroxyl groups excluding tert-OH is 1. The van der Waals surface area contributed by atoms with E-state index in [0.29, 0.717) is 23.8 Å². The third kappa shape index (κ3) is 2.86. The molecule has 1 aromatic rings. The van der Waals surface area contributed by atoms with Gasteiger partial charge in [0, 0.05) is 17.5 Å². The molecule has 5 aliphatic carbocycles. The number of aliphatic hydroxyl groups is 1. The third-order valence-corrected chi connectivity index (χ3v) is 13.3. The van der Waals surface area contributed by atoms with Crippen LogP contribution in [0.4, 0.5) is 0 Å². The molecular weight excluding hydrogens is 472 g/mol. The zero-order valence-electron chi connectivity index (χ0n) is 24.2. The molecular formula is C32H44N4O2. The molecule has 3 fully saturated rings. The lowest BCUT2D eigenvalue weighted by Crippen LogP contribution is -2.67. The Balaban J connectivity index is 1.53. The second kappa shape index (κ2) is 7.83. The van der Waals surface area contributed by atoms with Crippen LogP contribution in [0.1, 0.15) is 93.4 Å². The standard InChI is InChI=1S/C32H44N4O2/c1-19-8-11-32(36-15-14-34-35-36)13-12-31(7)26(25(32)20(19)2)22(37)16-24-29(5)17-21(18-33)27(38)28(3,4)23(29)9-10-30(24,31)6/h14-16,19-20,23,25-26,38H,8-13,17H2,1-7H3/t19-,20+,23+,25+,26-,29+,30-,31-,32+/m1/s1. The van der Waals surface area contributed by atoms with E-state index in [1.165, 1.54) is 5.57 Å². The van der Waals surface area contributed by atoms with Crippen molar-refractivity contribution in [2.75, 3.05) is 0 Å². The molecule has 1 aromatic heterocycles. The molecule has 0 aliphatic heterocycles. The van der Waals surface area contributed by atoms with Gasteiger partial charge in [-0.1, -0.05) is 59.3 Å². The van der Waals surface area contributed by atoms with Gasteiger partial charge in [0.25, 0.3) is 0 Å². The molecule has 0 spiro atoms. The summed E-state index contributed by atoms with van der Waals surface area (Å²) in [6, 6.07) is 2.32. The van der Waals surface area contributed by atoms with Gasteiger partial charge in [0.2, 0.25) is 0 Å². The highest BCUT2D eigenvalue weighted by molar-refractivity contribution is 5.95. The molecule has 204 valence electrons. The topological polar surface area (TPSA) is 91.8 Å². The molecule has 3 saturated carbocycles. The summed E-state index contributed by atoms with van der Waals surface area (Å²) in [6.07, 6.45) is 12.5. The number of hydrogen-bond donors (Lipinski definition) is 1. The summed E-state index contributed by atoms with van der Waals surface area (Å²) >= 11 is 0. The summed E-state index contributed by atoms with van der Waals surface area (Å²) in [4.78, 5) is 14.6. The number of hydrogen-bond acceptors (Lipinski definition) is 5. The van der Waals surface area contributed by atoms with Crippen molar-refractivity contribution in [1.82, 2.24) is 15.0 Å².